The Labute approximate surface area is 109 Å². The van der Waals surface area contributed by atoms with Crippen molar-refractivity contribution >= 4 is 5.91 Å². The molecule has 0 bridgehead atoms. The van der Waals surface area contributed by atoms with Gasteiger partial charge in [0.05, 0.1) is 6.10 Å². The Morgan fingerprint density at radius 3 is 2.56 bits per heavy atom. The van der Waals surface area contributed by atoms with Crippen molar-refractivity contribution in [1.29, 1.82) is 0 Å². The van der Waals surface area contributed by atoms with Crippen molar-refractivity contribution in [2.45, 2.75) is 39.7 Å². The van der Waals surface area contributed by atoms with E-state index in [4.69, 9.17) is 4.74 Å². The van der Waals surface area contributed by atoms with E-state index in [1.165, 1.54) is 5.56 Å². The molecule has 1 aromatic rings. The van der Waals surface area contributed by atoms with Gasteiger partial charge in [0.2, 0.25) is 0 Å². The fraction of sp³-hybridized carbons (Fsp3) is 0.533. The van der Waals surface area contributed by atoms with Crippen LogP contribution in [0, 0.1) is 20.8 Å². The molecule has 1 amide bonds. The minimum atomic E-state index is 0.0144. The Morgan fingerprint density at radius 1 is 1.33 bits per heavy atom. The van der Waals surface area contributed by atoms with E-state index in [0.717, 1.165) is 36.1 Å². The van der Waals surface area contributed by atoms with Crippen LogP contribution >= 0.6 is 0 Å². The molecule has 1 aliphatic heterocycles. The van der Waals surface area contributed by atoms with Gasteiger partial charge < -0.3 is 10.1 Å². The third-order valence-corrected chi connectivity index (χ3v) is 3.42. The number of rotatable bonds is 3. The van der Waals surface area contributed by atoms with E-state index in [0.29, 0.717) is 6.54 Å². The summed E-state index contributed by atoms with van der Waals surface area (Å²) in [5, 5.41) is 2.98. The monoisotopic (exact) mass is 247 g/mol. The maximum absolute atomic E-state index is 12.2. The van der Waals surface area contributed by atoms with Gasteiger partial charge >= 0.3 is 0 Å². The lowest BCUT2D eigenvalue weighted by Crippen LogP contribution is -2.32. The van der Waals surface area contributed by atoms with Gasteiger partial charge in [-0.2, -0.15) is 0 Å². The molecule has 1 fully saturated rings. The number of ether oxygens (including phenoxy) is 1. The second-order valence-electron chi connectivity index (χ2n) is 5.12. The number of carbonyl (C=O) groups is 1. The first-order valence-electron chi connectivity index (χ1n) is 6.55. The Bertz CT molecular complexity index is 425. The van der Waals surface area contributed by atoms with Crippen molar-refractivity contribution in [3.8, 4) is 0 Å². The second-order valence-corrected chi connectivity index (χ2v) is 5.12. The third kappa shape index (κ3) is 2.91. The van der Waals surface area contributed by atoms with Crippen LogP contribution in [0.3, 0.4) is 0 Å². The predicted octanol–water partition coefficient (Wildman–Crippen LogP) is 2.52. The number of benzene rings is 1. The number of hydrogen-bond acceptors (Lipinski definition) is 2. The normalized spacial score (nSPS) is 18.9. The van der Waals surface area contributed by atoms with E-state index in [-0.39, 0.29) is 12.0 Å². The summed E-state index contributed by atoms with van der Waals surface area (Å²) < 4.78 is 5.50. The average molecular weight is 247 g/mol. The van der Waals surface area contributed by atoms with Crippen molar-refractivity contribution in [1.82, 2.24) is 5.32 Å². The average Bonchev–Trinajstić information content (AvgIpc) is 2.77. The minimum Gasteiger partial charge on any atom is -0.376 e. The fourth-order valence-corrected chi connectivity index (χ4v) is 2.64. The van der Waals surface area contributed by atoms with Crippen LogP contribution in [0.2, 0.25) is 0 Å². The van der Waals surface area contributed by atoms with Crippen LogP contribution in [0.1, 0.15) is 39.9 Å². The summed E-state index contributed by atoms with van der Waals surface area (Å²) in [6, 6.07) is 4.10. The number of aryl methyl sites for hydroxylation is 3. The van der Waals surface area contributed by atoms with Gasteiger partial charge in [0.1, 0.15) is 0 Å². The molecule has 18 heavy (non-hydrogen) atoms. The Hall–Kier alpha value is -1.35. The largest absolute Gasteiger partial charge is 0.376 e. The number of hydrogen-bond donors (Lipinski definition) is 1. The van der Waals surface area contributed by atoms with Gasteiger partial charge in [0.25, 0.3) is 5.91 Å². The van der Waals surface area contributed by atoms with Gasteiger partial charge in [-0.3, -0.25) is 4.79 Å². The van der Waals surface area contributed by atoms with Crippen LogP contribution in [0.5, 0.6) is 0 Å². The minimum absolute atomic E-state index is 0.0144. The molecule has 0 radical (unpaired) electrons. The second kappa shape index (κ2) is 5.53. The van der Waals surface area contributed by atoms with Crippen LogP contribution < -0.4 is 5.32 Å². The van der Waals surface area contributed by atoms with Gasteiger partial charge in [-0.1, -0.05) is 17.7 Å². The van der Waals surface area contributed by atoms with Crippen LogP contribution in [-0.2, 0) is 4.74 Å². The molecular formula is C15H21NO2. The molecule has 1 atom stereocenters. The van der Waals surface area contributed by atoms with Gasteiger partial charge in [0, 0.05) is 18.7 Å². The van der Waals surface area contributed by atoms with E-state index in [1.807, 2.05) is 32.9 Å². The number of carbonyl (C=O) groups excluding carboxylic acids is 1. The topological polar surface area (TPSA) is 38.3 Å². The highest BCUT2D eigenvalue weighted by Crippen LogP contribution is 2.17. The SMILES string of the molecule is Cc1cc(C)c(C(=O)NC[C@H]2CCCO2)c(C)c1. The van der Waals surface area contributed by atoms with Crippen LogP contribution in [0.25, 0.3) is 0 Å². The molecule has 1 N–H and O–H groups in total. The van der Waals surface area contributed by atoms with E-state index >= 15 is 0 Å². The van der Waals surface area contributed by atoms with Crippen molar-refractivity contribution < 1.29 is 9.53 Å². The fourth-order valence-electron chi connectivity index (χ4n) is 2.64. The van der Waals surface area contributed by atoms with Gasteiger partial charge in [-0.05, 0) is 44.7 Å². The van der Waals surface area contributed by atoms with Crippen molar-refractivity contribution in [2.24, 2.45) is 0 Å². The van der Waals surface area contributed by atoms with E-state index < -0.39 is 0 Å². The molecule has 0 aliphatic carbocycles. The zero-order valence-corrected chi connectivity index (χ0v) is 11.4. The molecule has 3 nitrogen and oxygen atoms in total. The lowest BCUT2D eigenvalue weighted by molar-refractivity contribution is 0.0856. The molecule has 1 heterocycles. The van der Waals surface area contributed by atoms with Crippen molar-refractivity contribution in [3.63, 3.8) is 0 Å². The van der Waals surface area contributed by atoms with Crippen molar-refractivity contribution in [2.75, 3.05) is 13.2 Å². The molecule has 1 aromatic carbocycles. The predicted molar refractivity (Wildman–Crippen MR) is 72.0 cm³/mol. The standard InChI is InChI=1S/C15H21NO2/c1-10-7-11(2)14(12(3)8-10)15(17)16-9-13-5-4-6-18-13/h7-8,13H,4-6,9H2,1-3H3,(H,16,17)/t13-/m1/s1. The van der Waals surface area contributed by atoms with Crippen LogP contribution in [0.15, 0.2) is 12.1 Å². The van der Waals surface area contributed by atoms with Gasteiger partial charge in [-0.15, -0.1) is 0 Å². The first kappa shape index (κ1) is 13.1. The number of nitrogens with one attached hydrogen (secondary N) is 1. The smallest absolute Gasteiger partial charge is 0.251 e. The summed E-state index contributed by atoms with van der Waals surface area (Å²) in [6.45, 7) is 7.46. The summed E-state index contributed by atoms with van der Waals surface area (Å²) in [6.07, 6.45) is 2.34. The summed E-state index contributed by atoms with van der Waals surface area (Å²) in [7, 11) is 0. The zero-order valence-electron chi connectivity index (χ0n) is 11.4. The zero-order chi connectivity index (χ0) is 13.1. The first-order chi connectivity index (χ1) is 8.58. The Morgan fingerprint density at radius 2 is 2.00 bits per heavy atom. The molecule has 2 rings (SSSR count). The summed E-state index contributed by atoms with van der Waals surface area (Å²) in [4.78, 5) is 12.2. The molecule has 0 aromatic heterocycles. The summed E-state index contributed by atoms with van der Waals surface area (Å²) >= 11 is 0. The lowest BCUT2D eigenvalue weighted by atomic mass is 9.99. The molecule has 0 spiro atoms. The first-order valence-corrected chi connectivity index (χ1v) is 6.55. The molecule has 1 aliphatic rings. The highest BCUT2D eigenvalue weighted by molar-refractivity contribution is 5.97. The van der Waals surface area contributed by atoms with E-state index in [1.54, 1.807) is 0 Å². The van der Waals surface area contributed by atoms with E-state index in [9.17, 15) is 4.79 Å². The van der Waals surface area contributed by atoms with Gasteiger partial charge in [-0.25, -0.2) is 0 Å². The highest BCUT2D eigenvalue weighted by Gasteiger charge is 2.18. The van der Waals surface area contributed by atoms with Crippen molar-refractivity contribution in [3.05, 3.63) is 34.4 Å². The summed E-state index contributed by atoms with van der Waals surface area (Å²) in [5.74, 6) is 0.0144. The number of amides is 1. The molecule has 0 saturated carbocycles. The van der Waals surface area contributed by atoms with E-state index in [2.05, 4.69) is 5.32 Å². The molecule has 3 heteroatoms. The Kier molecular flexibility index (Phi) is 4.02. The molecule has 98 valence electrons. The molecule has 0 unspecified atom stereocenters. The quantitative estimate of drug-likeness (QED) is 0.891. The molecular weight excluding hydrogens is 226 g/mol. The maximum atomic E-state index is 12.2. The lowest BCUT2D eigenvalue weighted by Gasteiger charge is -2.14. The van der Waals surface area contributed by atoms with Crippen LogP contribution in [0.4, 0.5) is 0 Å². The van der Waals surface area contributed by atoms with Gasteiger partial charge in [0.15, 0.2) is 0 Å². The summed E-state index contributed by atoms with van der Waals surface area (Å²) in [5.41, 5.74) is 4.08. The maximum Gasteiger partial charge on any atom is 0.251 e. The third-order valence-electron chi connectivity index (χ3n) is 3.42. The Balaban J connectivity index is 2.04. The van der Waals surface area contributed by atoms with Crippen LogP contribution in [-0.4, -0.2) is 25.2 Å². The highest BCUT2D eigenvalue weighted by atomic mass is 16.5. The molecule has 1 saturated heterocycles.